The van der Waals surface area contributed by atoms with E-state index in [1.165, 1.54) is 12.8 Å². The molecule has 9 nitrogen and oxygen atoms in total. The number of fused-ring (bicyclic) bond motifs is 1. The molecule has 0 spiro atoms. The van der Waals surface area contributed by atoms with Crippen LogP contribution in [0.15, 0.2) is 17.3 Å². The van der Waals surface area contributed by atoms with E-state index < -0.39 is 23.8 Å². The summed E-state index contributed by atoms with van der Waals surface area (Å²) in [5, 5.41) is 29.6. The molecular formula is C27H35N7O2S. The van der Waals surface area contributed by atoms with Gasteiger partial charge in [0, 0.05) is 24.6 Å². The summed E-state index contributed by atoms with van der Waals surface area (Å²) in [4.78, 5) is 23.5. The molecule has 196 valence electrons. The van der Waals surface area contributed by atoms with Gasteiger partial charge in [-0.2, -0.15) is 4.98 Å². The molecule has 6 rings (SSSR count). The van der Waals surface area contributed by atoms with Crippen LogP contribution in [0.2, 0.25) is 0 Å². The van der Waals surface area contributed by atoms with Gasteiger partial charge in [0.2, 0.25) is 5.95 Å². The zero-order valence-corrected chi connectivity index (χ0v) is 22.4. The Labute approximate surface area is 220 Å². The van der Waals surface area contributed by atoms with Crippen molar-refractivity contribution >= 4 is 40.0 Å². The minimum atomic E-state index is -0.960. The molecule has 0 aliphatic heterocycles. The molecule has 3 saturated carbocycles. The predicted molar refractivity (Wildman–Crippen MR) is 148 cm³/mol. The molecule has 0 aromatic carbocycles. The number of pyridine rings is 1. The van der Waals surface area contributed by atoms with Gasteiger partial charge in [0.25, 0.3) is 0 Å². The molecule has 3 aromatic heterocycles. The van der Waals surface area contributed by atoms with Crippen LogP contribution in [0.25, 0.3) is 20.8 Å². The zero-order chi connectivity index (χ0) is 25.9. The average Bonchev–Trinajstić information content (AvgIpc) is 3.80. The zero-order valence-electron chi connectivity index (χ0n) is 21.6. The Morgan fingerprint density at radius 1 is 1.14 bits per heavy atom. The molecule has 37 heavy (non-hydrogen) atoms. The number of aliphatic hydroxyl groups excluding tert-OH is 2. The van der Waals surface area contributed by atoms with Crippen LogP contribution in [0.3, 0.4) is 0 Å². The second-order valence-corrected chi connectivity index (χ2v) is 12.4. The first-order chi connectivity index (χ1) is 17.7. The van der Waals surface area contributed by atoms with E-state index in [1.807, 2.05) is 33.0 Å². The van der Waals surface area contributed by atoms with E-state index in [9.17, 15) is 10.2 Å². The molecule has 10 heteroatoms. The molecule has 3 aromatic rings. The van der Waals surface area contributed by atoms with Gasteiger partial charge in [-0.3, -0.25) is 9.98 Å². The Bertz CT molecular complexity index is 1330. The summed E-state index contributed by atoms with van der Waals surface area (Å²) in [7, 11) is 0. The highest BCUT2D eigenvalue weighted by Crippen LogP contribution is 2.45. The van der Waals surface area contributed by atoms with Gasteiger partial charge in [0.15, 0.2) is 0 Å². The number of hydrogen-bond donors (Lipinski definition) is 4. The van der Waals surface area contributed by atoms with Crippen molar-refractivity contribution in [2.75, 3.05) is 17.2 Å². The third-order valence-electron chi connectivity index (χ3n) is 8.17. The maximum absolute atomic E-state index is 11.0. The van der Waals surface area contributed by atoms with Crippen molar-refractivity contribution in [3.05, 3.63) is 23.7 Å². The lowest BCUT2D eigenvalue weighted by Crippen LogP contribution is -2.39. The highest BCUT2D eigenvalue weighted by Gasteiger charge is 2.48. The smallest absolute Gasteiger partial charge is 0.224 e. The molecule has 0 amide bonds. The summed E-state index contributed by atoms with van der Waals surface area (Å²) in [6.07, 6.45) is 5.33. The fourth-order valence-electron chi connectivity index (χ4n) is 5.38. The molecule has 0 bridgehead atoms. The lowest BCUT2D eigenvalue weighted by Gasteiger charge is -2.29. The normalized spacial score (nSPS) is 26.0. The van der Waals surface area contributed by atoms with E-state index in [0.29, 0.717) is 30.0 Å². The van der Waals surface area contributed by atoms with E-state index in [1.54, 1.807) is 11.3 Å². The van der Waals surface area contributed by atoms with E-state index in [0.717, 1.165) is 51.6 Å². The Morgan fingerprint density at radius 2 is 1.92 bits per heavy atom. The van der Waals surface area contributed by atoms with Gasteiger partial charge < -0.3 is 20.8 Å². The first-order valence-corrected chi connectivity index (χ1v) is 14.1. The SMILES string of the molecule is C=NC(C)(C)[C@H]1C[C@@H](Nc2nc(NCC3CC3)nc(C)c2-c2nc3c(C4CC4)nccc3s2)[C@H](O)[C@@H]1O. The van der Waals surface area contributed by atoms with Crippen LogP contribution in [0.1, 0.15) is 63.3 Å². The number of hydrogen-bond acceptors (Lipinski definition) is 10. The first-order valence-electron chi connectivity index (χ1n) is 13.2. The quantitative estimate of drug-likeness (QED) is 0.309. The minimum Gasteiger partial charge on any atom is -0.390 e. The van der Waals surface area contributed by atoms with Crippen molar-refractivity contribution in [1.29, 1.82) is 0 Å². The number of thiazole rings is 1. The van der Waals surface area contributed by atoms with E-state index >= 15 is 0 Å². The van der Waals surface area contributed by atoms with Gasteiger partial charge in [0.05, 0.1) is 39.3 Å². The maximum Gasteiger partial charge on any atom is 0.224 e. The lowest BCUT2D eigenvalue weighted by atomic mass is 9.85. The topological polar surface area (TPSA) is 128 Å². The van der Waals surface area contributed by atoms with Crippen LogP contribution < -0.4 is 10.6 Å². The standard InChI is InChI=1S/C27H35N7O2S/c1-13-19(25-33-21-18(37-25)9-10-29-20(21)15-7-8-15)24(34-26(31-13)30-12-14-5-6-14)32-17-11-16(22(35)23(17)36)27(2,3)28-4/h9-10,14-17,22-23,35-36H,4-8,11-12H2,1-3H3,(H2,30,31,32,34)/t16-,17+,22+,23-/m0/s1. The second kappa shape index (κ2) is 9.25. The molecule has 3 aliphatic carbocycles. The molecule has 4 atom stereocenters. The van der Waals surface area contributed by atoms with Crippen LogP contribution in [0.5, 0.6) is 0 Å². The largest absolute Gasteiger partial charge is 0.390 e. The number of nitrogens with one attached hydrogen (secondary N) is 2. The second-order valence-electron chi connectivity index (χ2n) is 11.4. The molecule has 0 saturated heterocycles. The molecule has 4 N–H and O–H groups in total. The summed E-state index contributed by atoms with van der Waals surface area (Å²) in [5.41, 5.74) is 3.12. The highest BCUT2D eigenvalue weighted by molar-refractivity contribution is 7.21. The van der Waals surface area contributed by atoms with Crippen molar-refractivity contribution in [2.24, 2.45) is 16.8 Å². The highest BCUT2D eigenvalue weighted by atomic mass is 32.1. The number of nitrogens with zero attached hydrogens (tertiary/aromatic N) is 5. The third kappa shape index (κ3) is 4.70. The van der Waals surface area contributed by atoms with Crippen LogP contribution >= 0.6 is 11.3 Å². The van der Waals surface area contributed by atoms with Gasteiger partial charge in [-0.25, -0.2) is 9.97 Å². The van der Waals surface area contributed by atoms with Crippen LogP contribution in [0.4, 0.5) is 11.8 Å². The van der Waals surface area contributed by atoms with Crippen LogP contribution in [0, 0.1) is 18.8 Å². The van der Waals surface area contributed by atoms with Crippen molar-refractivity contribution in [1.82, 2.24) is 19.9 Å². The van der Waals surface area contributed by atoms with Gasteiger partial charge >= 0.3 is 0 Å². The molecule has 3 aliphatic rings. The number of aliphatic imine (C=N–C) groups is 1. The summed E-state index contributed by atoms with van der Waals surface area (Å²) in [6.45, 7) is 10.4. The van der Waals surface area contributed by atoms with Gasteiger partial charge in [-0.1, -0.05) is 0 Å². The van der Waals surface area contributed by atoms with Crippen LogP contribution in [-0.4, -0.2) is 67.2 Å². The predicted octanol–water partition coefficient (Wildman–Crippen LogP) is 4.16. The van der Waals surface area contributed by atoms with Crippen molar-refractivity contribution in [3.63, 3.8) is 0 Å². The van der Waals surface area contributed by atoms with Gasteiger partial charge in [-0.15, -0.1) is 11.3 Å². The Kier molecular flexibility index (Phi) is 6.16. The molecule has 0 unspecified atom stereocenters. The Balaban J connectivity index is 1.38. The van der Waals surface area contributed by atoms with Crippen molar-refractivity contribution in [2.45, 2.75) is 82.6 Å². The molecular weight excluding hydrogens is 486 g/mol. The van der Waals surface area contributed by atoms with E-state index in [4.69, 9.17) is 15.0 Å². The summed E-state index contributed by atoms with van der Waals surface area (Å²) in [5.74, 6) is 2.13. The Hall–Kier alpha value is -2.69. The minimum absolute atomic E-state index is 0.231. The van der Waals surface area contributed by atoms with Crippen molar-refractivity contribution < 1.29 is 10.2 Å². The van der Waals surface area contributed by atoms with Gasteiger partial charge in [-0.05, 0) is 71.6 Å². The Morgan fingerprint density at radius 3 is 2.62 bits per heavy atom. The molecule has 0 radical (unpaired) electrons. The monoisotopic (exact) mass is 521 g/mol. The number of aliphatic hydroxyl groups is 2. The first kappa shape index (κ1) is 24.6. The van der Waals surface area contributed by atoms with E-state index in [-0.39, 0.29) is 5.92 Å². The average molecular weight is 522 g/mol. The fourth-order valence-corrected chi connectivity index (χ4v) is 6.45. The number of anilines is 2. The number of aryl methyl sites for hydroxylation is 1. The number of rotatable bonds is 9. The summed E-state index contributed by atoms with van der Waals surface area (Å²) < 4.78 is 1.10. The van der Waals surface area contributed by atoms with E-state index in [2.05, 4.69) is 27.3 Å². The number of aromatic nitrogens is 4. The van der Waals surface area contributed by atoms with Crippen molar-refractivity contribution in [3.8, 4) is 10.6 Å². The molecule has 3 fully saturated rings. The summed E-state index contributed by atoms with van der Waals surface area (Å²) >= 11 is 1.61. The van der Waals surface area contributed by atoms with Gasteiger partial charge in [0.1, 0.15) is 22.4 Å². The summed E-state index contributed by atoms with van der Waals surface area (Å²) in [6, 6.07) is 1.62. The maximum atomic E-state index is 11.0. The van der Waals surface area contributed by atoms with Crippen LogP contribution in [-0.2, 0) is 0 Å². The molecule has 3 heterocycles. The lowest BCUT2D eigenvalue weighted by molar-refractivity contribution is 0.00338. The fraction of sp³-hybridized carbons (Fsp3) is 0.593. The third-order valence-corrected chi connectivity index (χ3v) is 9.21.